The van der Waals surface area contributed by atoms with Gasteiger partial charge in [0.05, 0.1) is 0 Å². The van der Waals surface area contributed by atoms with Crippen molar-refractivity contribution in [3.05, 3.63) is 35.9 Å². The maximum absolute atomic E-state index is 4.76. The number of guanidine groups is 1. The fourth-order valence-corrected chi connectivity index (χ4v) is 3.01. The van der Waals surface area contributed by atoms with Gasteiger partial charge in [0.1, 0.15) is 0 Å². The summed E-state index contributed by atoms with van der Waals surface area (Å²) in [6, 6.07) is 11.2. The Hall–Kier alpha value is -1.55. The van der Waals surface area contributed by atoms with Gasteiger partial charge in [-0.1, -0.05) is 30.3 Å². The van der Waals surface area contributed by atoms with E-state index in [1.165, 1.54) is 25.1 Å². The molecular formula is C19H32N4. The van der Waals surface area contributed by atoms with E-state index >= 15 is 0 Å². The number of likely N-dealkylation sites (tertiary alicyclic amines) is 1. The quantitative estimate of drug-likeness (QED) is 0.600. The molecule has 0 spiro atoms. The van der Waals surface area contributed by atoms with Gasteiger partial charge in [-0.15, -0.1) is 0 Å². The number of benzene rings is 1. The lowest BCUT2D eigenvalue weighted by atomic mass is 10.1. The summed E-state index contributed by atoms with van der Waals surface area (Å²) in [6.45, 7) is 11.8. The van der Waals surface area contributed by atoms with Gasteiger partial charge in [-0.2, -0.15) is 0 Å². The maximum atomic E-state index is 4.76. The first-order valence-electron chi connectivity index (χ1n) is 8.98. The number of rotatable bonds is 7. The van der Waals surface area contributed by atoms with Gasteiger partial charge in [0.15, 0.2) is 5.96 Å². The molecule has 1 aliphatic rings. The van der Waals surface area contributed by atoms with Crippen molar-refractivity contribution in [1.29, 1.82) is 0 Å². The van der Waals surface area contributed by atoms with Crippen LogP contribution < -0.4 is 10.6 Å². The van der Waals surface area contributed by atoms with Crippen LogP contribution in [0.4, 0.5) is 0 Å². The smallest absolute Gasteiger partial charge is 0.191 e. The van der Waals surface area contributed by atoms with Crippen LogP contribution in [0.25, 0.3) is 0 Å². The van der Waals surface area contributed by atoms with Crippen molar-refractivity contribution in [2.24, 2.45) is 10.9 Å². The fraction of sp³-hybridized carbons (Fsp3) is 0.632. The summed E-state index contributed by atoms with van der Waals surface area (Å²) in [7, 11) is 0. The second-order valence-electron chi connectivity index (χ2n) is 6.71. The number of nitrogens with zero attached hydrogens (tertiary/aromatic N) is 2. The average Bonchev–Trinajstić information content (AvgIpc) is 2.99. The van der Waals surface area contributed by atoms with E-state index in [1.807, 2.05) is 0 Å². The Morgan fingerprint density at radius 3 is 2.78 bits per heavy atom. The predicted octanol–water partition coefficient (Wildman–Crippen LogP) is 2.51. The van der Waals surface area contributed by atoms with Crippen LogP contribution in [0.3, 0.4) is 0 Å². The summed E-state index contributed by atoms with van der Waals surface area (Å²) in [4.78, 5) is 7.34. The highest BCUT2D eigenvalue weighted by atomic mass is 15.2. The number of aliphatic imine (C=N–C) groups is 1. The molecule has 1 aromatic carbocycles. The molecule has 1 unspecified atom stereocenters. The van der Waals surface area contributed by atoms with Gasteiger partial charge in [0, 0.05) is 32.2 Å². The topological polar surface area (TPSA) is 39.7 Å². The van der Waals surface area contributed by atoms with Crippen LogP contribution in [0, 0.1) is 5.92 Å². The lowest BCUT2D eigenvalue weighted by Crippen LogP contribution is -2.41. The Morgan fingerprint density at radius 1 is 1.30 bits per heavy atom. The zero-order valence-corrected chi connectivity index (χ0v) is 14.9. The van der Waals surface area contributed by atoms with Gasteiger partial charge >= 0.3 is 0 Å². The minimum absolute atomic E-state index is 0.416. The van der Waals surface area contributed by atoms with E-state index in [0.29, 0.717) is 12.0 Å². The SMILES string of the molecule is CCNC(=NCC1CCN(CCc2ccccc2)C1)NC(C)C. The molecule has 2 N–H and O–H groups in total. The Labute approximate surface area is 141 Å². The Morgan fingerprint density at radius 2 is 2.09 bits per heavy atom. The van der Waals surface area contributed by atoms with Crippen LogP contribution in [-0.2, 0) is 6.42 Å². The molecule has 1 aromatic rings. The second-order valence-corrected chi connectivity index (χ2v) is 6.71. The van der Waals surface area contributed by atoms with E-state index in [0.717, 1.165) is 32.0 Å². The molecule has 1 saturated heterocycles. The summed E-state index contributed by atoms with van der Waals surface area (Å²) in [5, 5.41) is 6.71. The fourth-order valence-electron chi connectivity index (χ4n) is 3.01. The van der Waals surface area contributed by atoms with Gasteiger partial charge in [-0.05, 0) is 51.6 Å². The zero-order chi connectivity index (χ0) is 16.5. The third kappa shape index (κ3) is 6.61. The average molecular weight is 316 g/mol. The third-order valence-electron chi connectivity index (χ3n) is 4.21. The number of hydrogen-bond acceptors (Lipinski definition) is 2. The van der Waals surface area contributed by atoms with Crippen molar-refractivity contribution in [2.45, 2.75) is 39.7 Å². The minimum Gasteiger partial charge on any atom is -0.357 e. The molecule has 0 aliphatic carbocycles. The molecule has 2 rings (SSSR count). The highest BCUT2D eigenvalue weighted by molar-refractivity contribution is 5.79. The van der Waals surface area contributed by atoms with Gasteiger partial charge in [-0.25, -0.2) is 0 Å². The Kier molecular flexibility index (Phi) is 7.40. The Bertz CT molecular complexity index is 470. The largest absolute Gasteiger partial charge is 0.357 e. The van der Waals surface area contributed by atoms with Crippen molar-refractivity contribution in [1.82, 2.24) is 15.5 Å². The van der Waals surface area contributed by atoms with Crippen molar-refractivity contribution >= 4 is 5.96 Å². The molecule has 1 heterocycles. The first-order chi connectivity index (χ1) is 11.2. The van der Waals surface area contributed by atoms with Crippen LogP contribution in [-0.4, -0.2) is 49.6 Å². The van der Waals surface area contributed by atoms with Crippen molar-refractivity contribution < 1.29 is 0 Å². The summed E-state index contributed by atoms with van der Waals surface area (Å²) in [6.07, 6.45) is 2.41. The maximum Gasteiger partial charge on any atom is 0.191 e. The standard InChI is InChI=1S/C19H32N4/c1-4-20-19(22-16(2)3)21-14-18-11-13-23(15-18)12-10-17-8-6-5-7-9-17/h5-9,16,18H,4,10-15H2,1-3H3,(H2,20,21,22). The van der Waals surface area contributed by atoms with Gasteiger partial charge in [0.2, 0.25) is 0 Å². The molecule has 1 aliphatic heterocycles. The van der Waals surface area contributed by atoms with E-state index in [9.17, 15) is 0 Å². The molecule has 0 amide bonds. The van der Waals surface area contributed by atoms with Gasteiger partial charge in [0.25, 0.3) is 0 Å². The minimum atomic E-state index is 0.416. The van der Waals surface area contributed by atoms with Gasteiger partial charge in [-0.3, -0.25) is 4.99 Å². The number of hydrogen-bond donors (Lipinski definition) is 2. The lowest BCUT2D eigenvalue weighted by Gasteiger charge is -2.17. The van der Waals surface area contributed by atoms with Crippen molar-refractivity contribution in [3.63, 3.8) is 0 Å². The highest BCUT2D eigenvalue weighted by Gasteiger charge is 2.21. The predicted molar refractivity (Wildman–Crippen MR) is 98.9 cm³/mol. The van der Waals surface area contributed by atoms with E-state index in [1.54, 1.807) is 0 Å². The molecule has 23 heavy (non-hydrogen) atoms. The van der Waals surface area contributed by atoms with Crippen LogP contribution in [0.15, 0.2) is 35.3 Å². The monoisotopic (exact) mass is 316 g/mol. The molecule has 0 bridgehead atoms. The highest BCUT2D eigenvalue weighted by Crippen LogP contribution is 2.17. The summed E-state index contributed by atoms with van der Waals surface area (Å²) in [5.74, 6) is 1.64. The molecule has 4 nitrogen and oxygen atoms in total. The Balaban J connectivity index is 1.73. The van der Waals surface area contributed by atoms with Crippen molar-refractivity contribution in [3.8, 4) is 0 Å². The van der Waals surface area contributed by atoms with Gasteiger partial charge < -0.3 is 15.5 Å². The first kappa shape index (κ1) is 17.8. The summed E-state index contributed by atoms with van der Waals surface area (Å²) in [5.41, 5.74) is 1.43. The molecule has 0 radical (unpaired) electrons. The van der Waals surface area contributed by atoms with E-state index in [-0.39, 0.29) is 0 Å². The lowest BCUT2D eigenvalue weighted by molar-refractivity contribution is 0.329. The summed E-state index contributed by atoms with van der Waals surface area (Å²) >= 11 is 0. The van der Waals surface area contributed by atoms with E-state index < -0.39 is 0 Å². The van der Waals surface area contributed by atoms with Crippen LogP contribution >= 0.6 is 0 Å². The first-order valence-corrected chi connectivity index (χ1v) is 8.98. The molecular weight excluding hydrogens is 284 g/mol. The molecule has 1 atom stereocenters. The van der Waals surface area contributed by atoms with Crippen LogP contribution in [0.5, 0.6) is 0 Å². The summed E-state index contributed by atoms with van der Waals surface area (Å²) < 4.78 is 0. The van der Waals surface area contributed by atoms with E-state index in [4.69, 9.17) is 4.99 Å². The normalized spacial score (nSPS) is 19.3. The van der Waals surface area contributed by atoms with E-state index in [2.05, 4.69) is 66.6 Å². The molecule has 128 valence electrons. The third-order valence-corrected chi connectivity index (χ3v) is 4.21. The van der Waals surface area contributed by atoms with Crippen molar-refractivity contribution in [2.75, 3.05) is 32.7 Å². The molecule has 0 aromatic heterocycles. The zero-order valence-electron chi connectivity index (χ0n) is 14.9. The van der Waals surface area contributed by atoms with Crippen LogP contribution in [0.1, 0.15) is 32.8 Å². The number of nitrogens with one attached hydrogen (secondary N) is 2. The molecule has 0 saturated carbocycles. The molecule has 4 heteroatoms. The second kappa shape index (κ2) is 9.56. The van der Waals surface area contributed by atoms with Crippen LogP contribution in [0.2, 0.25) is 0 Å². The molecule has 1 fully saturated rings.